The van der Waals surface area contributed by atoms with Crippen LogP contribution in [0.4, 0.5) is 17.1 Å². The van der Waals surface area contributed by atoms with E-state index in [0.717, 1.165) is 13.0 Å². The second kappa shape index (κ2) is 6.53. The summed E-state index contributed by atoms with van der Waals surface area (Å²) in [5.74, 6) is 5.29. The maximum atomic E-state index is 10.8. The van der Waals surface area contributed by atoms with Crippen LogP contribution in [0.3, 0.4) is 0 Å². The van der Waals surface area contributed by atoms with Crippen LogP contribution >= 0.6 is 0 Å². The van der Waals surface area contributed by atoms with Crippen molar-refractivity contribution in [2.45, 2.75) is 13.0 Å². The highest BCUT2D eigenvalue weighted by atomic mass is 16.6. The van der Waals surface area contributed by atoms with E-state index in [1.807, 2.05) is 16.9 Å². The van der Waals surface area contributed by atoms with Gasteiger partial charge in [0.2, 0.25) is 0 Å². The number of hydrazine groups is 1. The third-order valence-corrected chi connectivity index (χ3v) is 2.75. The zero-order chi connectivity index (χ0) is 14.4. The monoisotopic (exact) mass is 276 g/mol. The number of aromatic nitrogens is 2. The van der Waals surface area contributed by atoms with E-state index in [1.165, 1.54) is 12.1 Å². The van der Waals surface area contributed by atoms with Crippen LogP contribution in [0.1, 0.15) is 6.42 Å². The Labute approximate surface area is 115 Å². The van der Waals surface area contributed by atoms with Gasteiger partial charge in [-0.25, -0.2) is 0 Å². The Morgan fingerprint density at radius 1 is 1.35 bits per heavy atom. The van der Waals surface area contributed by atoms with Gasteiger partial charge in [0.05, 0.1) is 10.6 Å². The molecule has 1 heterocycles. The largest absolute Gasteiger partial charge is 0.385 e. The Kier molecular flexibility index (Phi) is 4.51. The molecule has 0 spiro atoms. The van der Waals surface area contributed by atoms with Gasteiger partial charge in [0.1, 0.15) is 0 Å². The number of nitro groups is 1. The number of hydrogen-bond donors (Lipinski definition) is 3. The molecule has 0 aliphatic rings. The standard InChI is InChI=1S/C12H16N6O2/c13-16-11-7-10(8-12(9-11)18(19)20)14-3-1-5-17-6-2-4-15-17/h2,4,6-9,14,16H,1,3,5,13H2. The molecule has 0 radical (unpaired) electrons. The number of aryl methyl sites for hydroxylation is 1. The maximum absolute atomic E-state index is 10.8. The van der Waals surface area contributed by atoms with E-state index < -0.39 is 4.92 Å². The molecule has 8 nitrogen and oxygen atoms in total. The minimum atomic E-state index is -0.449. The molecule has 1 aromatic carbocycles. The Morgan fingerprint density at radius 2 is 2.15 bits per heavy atom. The first-order valence-electron chi connectivity index (χ1n) is 6.16. The average molecular weight is 276 g/mol. The molecule has 0 atom stereocenters. The van der Waals surface area contributed by atoms with Crippen molar-refractivity contribution in [3.05, 3.63) is 46.8 Å². The number of anilines is 2. The molecule has 2 aromatic rings. The molecule has 1 aromatic heterocycles. The van der Waals surface area contributed by atoms with Gasteiger partial charge in [0.25, 0.3) is 5.69 Å². The summed E-state index contributed by atoms with van der Waals surface area (Å²) in [6.45, 7) is 1.47. The summed E-state index contributed by atoms with van der Waals surface area (Å²) in [4.78, 5) is 10.4. The summed E-state index contributed by atoms with van der Waals surface area (Å²) in [5, 5.41) is 18.0. The lowest BCUT2D eigenvalue weighted by atomic mass is 10.2. The zero-order valence-corrected chi connectivity index (χ0v) is 10.8. The zero-order valence-electron chi connectivity index (χ0n) is 10.8. The van der Waals surface area contributed by atoms with Crippen molar-refractivity contribution in [1.29, 1.82) is 0 Å². The van der Waals surface area contributed by atoms with Gasteiger partial charge in [0, 0.05) is 43.3 Å². The van der Waals surface area contributed by atoms with Crippen molar-refractivity contribution < 1.29 is 4.92 Å². The Balaban J connectivity index is 1.91. The Morgan fingerprint density at radius 3 is 2.80 bits per heavy atom. The van der Waals surface area contributed by atoms with Crippen LogP contribution in [-0.2, 0) is 6.54 Å². The van der Waals surface area contributed by atoms with Crippen LogP contribution in [0.5, 0.6) is 0 Å². The first-order chi connectivity index (χ1) is 9.69. The second-order valence-corrected chi connectivity index (χ2v) is 4.22. The van der Waals surface area contributed by atoms with Crippen LogP contribution in [0.15, 0.2) is 36.7 Å². The normalized spacial score (nSPS) is 10.2. The van der Waals surface area contributed by atoms with Gasteiger partial charge in [-0.3, -0.25) is 20.6 Å². The molecular weight excluding hydrogens is 260 g/mol. The summed E-state index contributed by atoms with van der Waals surface area (Å²) >= 11 is 0. The maximum Gasteiger partial charge on any atom is 0.273 e. The van der Waals surface area contributed by atoms with Gasteiger partial charge in [-0.1, -0.05) is 0 Å². The predicted octanol–water partition coefficient (Wildman–Crippen LogP) is 1.58. The van der Waals surface area contributed by atoms with Crippen molar-refractivity contribution in [2.75, 3.05) is 17.3 Å². The van der Waals surface area contributed by atoms with Crippen molar-refractivity contribution in [1.82, 2.24) is 9.78 Å². The highest BCUT2D eigenvalue weighted by Gasteiger charge is 2.09. The molecule has 0 unspecified atom stereocenters. The van der Waals surface area contributed by atoms with Gasteiger partial charge < -0.3 is 10.7 Å². The molecule has 20 heavy (non-hydrogen) atoms. The molecule has 0 amide bonds. The molecule has 0 saturated heterocycles. The predicted molar refractivity (Wildman–Crippen MR) is 76.2 cm³/mol. The van der Waals surface area contributed by atoms with Gasteiger partial charge >= 0.3 is 0 Å². The van der Waals surface area contributed by atoms with E-state index in [2.05, 4.69) is 15.8 Å². The fourth-order valence-corrected chi connectivity index (χ4v) is 1.81. The van der Waals surface area contributed by atoms with Crippen LogP contribution in [0, 0.1) is 10.1 Å². The van der Waals surface area contributed by atoms with Crippen molar-refractivity contribution in [2.24, 2.45) is 5.84 Å². The smallest absolute Gasteiger partial charge is 0.273 e. The molecular formula is C12H16N6O2. The number of non-ortho nitro benzene ring substituents is 1. The van der Waals surface area contributed by atoms with Crippen molar-refractivity contribution >= 4 is 17.1 Å². The minimum Gasteiger partial charge on any atom is -0.385 e. The molecule has 4 N–H and O–H groups in total. The van der Waals surface area contributed by atoms with E-state index in [4.69, 9.17) is 5.84 Å². The fourth-order valence-electron chi connectivity index (χ4n) is 1.81. The molecule has 2 rings (SSSR count). The van der Waals surface area contributed by atoms with E-state index in [9.17, 15) is 10.1 Å². The van der Waals surface area contributed by atoms with Crippen molar-refractivity contribution in [3.63, 3.8) is 0 Å². The minimum absolute atomic E-state index is 0.00461. The molecule has 0 aliphatic heterocycles. The van der Waals surface area contributed by atoms with E-state index >= 15 is 0 Å². The van der Waals surface area contributed by atoms with Gasteiger partial charge in [-0.05, 0) is 18.6 Å². The number of rotatable bonds is 7. The van der Waals surface area contributed by atoms with E-state index in [0.29, 0.717) is 17.9 Å². The number of nitrogens with zero attached hydrogens (tertiary/aromatic N) is 3. The Bertz CT molecular complexity index is 569. The lowest BCUT2D eigenvalue weighted by molar-refractivity contribution is -0.384. The number of nitrogens with two attached hydrogens (primary N) is 1. The first-order valence-corrected chi connectivity index (χ1v) is 6.16. The molecule has 0 fully saturated rings. The molecule has 0 aliphatic carbocycles. The van der Waals surface area contributed by atoms with E-state index in [-0.39, 0.29) is 5.69 Å². The number of benzene rings is 1. The number of nitro benzene ring substituents is 1. The summed E-state index contributed by atoms with van der Waals surface area (Å²) < 4.78 is 1.84. The number of hydrogen-bond acceptors (Lipinski definition) is 6. The van der Waals surface area contributed by atoms with Crippen LogP contribution < -0.4 is 16.6 Å². The summed E-state index contributed by atoms with van der Waals surface area (Å²) in [7, 11) is 0. The average Bonchev–Trinajstić information content (AvgIpc) is 2.96. The topological polar surface area (TPSA) is 111 Å². The number of nitrogen functional groups attached to an aromatic ring is 1. The quantitative estimate of drug-likeness (QED) is 0.306. The lowest BCUT2D eigenvalue weighted by Crippen LogP contribution is -2.10. The third-order valence-electron chi connectivity index (χ3n) is 2.75. The number of nitrogens with one attached hydrogen (secondary N) is 2. The molecule has 8 heteroatoms. The van der Waals surface area contributed by atoms with Crippen LogP contribution in [-0.4, -0.2) is 21.2 Å². The summed E-state index contributed by atoms with van der Waals surface area (Å²) in [5.41, 5.74) is 3.57. The molecule has 106 valence electrons. The Hall–Kier alpha value is -2.61. The SMILES string of the molecule is NNc1cc(NCCCn2cccn2)cc([N+](=O)[O-])c1. The highest BCUT2D eigenvalue weighted by molar-refractivity contribution is 5.63. The van der Waals surface area contributed by atoms with Crippen LogP contribution in [0.2, 0.25) is 0 Å². The van der Waals surface area contributed by atoms with E-state index in [1.54, 1.807) is 12.3 Å². The summed E-state index contributed by atoms with van der Waals surface area (Å²) in [6, 6.07) is 6.46. The van der Waals surface area contributed by atoms with Crippen molar-refractivity contribution in [3.8, 4) is 0 Å². The third kappa shape index (κ3) is 3.69. The van der Waals surface area contributed by atoms with Gasteiger partial charge in [-0.15, -0.1) is 0 Å². The fraction of sp³-hybridized carbons (Fsp3) is 0.250. The first kappa shape index (κ1) is 13.8. The highest BCUT2D eigenvalue weighted by Crippen LogP contribution is 2.23. The lowest BCUT2D eigenvalue weighted by Gasteiger charge is -2.08. The van der Waals surface area contributed by atoms with Gasteiger partial charge in [0.15, 0.2) is 0 Å². The molecule has 0 saturated carbocycles. The van der Waals surface area contributed by atoms with Crippen LogP contribution in [0.25, 0.3) is 0 Å². The second-order valence-electron chi connectivity index (χ2n) is 4.22. The van der Waals surface area contributed by atoms with Gasteiger partial charge in [-0.2, -0.15) is 5.10 Å². The summed E-state index contributed by atoms with van der Waals surface area (Å²) in [6.07, 6.45) is 4.48. The molecule has 0 bridgehead atoms.